The highest BCUT2D eigenvalue weighted by atomic mass is 32.2. The number of thioether (sulfide) groups is 1. The van der Waals surface area contributed by atoms with E-state index in [0.717, 1.165) is 11.3 Å². The van der Waals surface area contributed by atoms with Gasteiger partial charge in [0, 0.05) is 16.3 Å². The maximum absolute atomic E-state index is 12.7. The fourth-order valence-corrected chi connectivity index (χ4v) is 3.00. The molecule has 0 aliphatic heterocycles. The number of hydrogen-bond donors (Lipinski definition) is 2. The zero-order chi connectivity index (χ0) is 19.2. The van der Waals surface area contributed by atoms with Gasteiger partial charge in [0.2, 0.25) is 0 Å². The van der Waals surface area contributed by atoms with Gasteiger partial charge in [-0.15, -0.1) is 0 Å². The topological polar surface area (TPSA) is 41.1 Å². The number of para-hydroxylation sites is 1. The van der Waals surface area contributed by atoms with Gasteiger partial charge in [0.15, 0.2) is 0 Å². The molecule has 0 radical (unpaired) electrons. The Morgan fingerprint density at radius 1 is 0.889 bits per heavy atom. The van der Waals surface area contributed by atoms with Crippen LogP contribution < -0.4 is 10.6 Å². The molecule has 0 bridgehead atoms. The van der Waals surface area contributed by atoms with Crippen molar-refractivity contribution >= 4 is 34.7 Å². The lowest BCUT2D eigenvalue weighted by molar-refractivity contribution is 0.102. The van der Waals surface area contributed by atoms with E-state index in [2.05, 4.69) is 10.6 Å². The molecule has 0 atom stereocenters. The molecule has 0 saturated heterocycles. The van der Waals surface area contributed by atoms with E-state index in [1.807, 2.05) is 43.3 Å². The predicted octanol–water partition coefficient (Wildman–Crippen LogP) is 6.31. The number of benzene rings is 3. The maximum atomic E-state index is 12.7. The standard InChI is InChI=1S/C21H18F2N2OS/c1-14-6-8-15(9-7-14)24-19-5-3-2-4-18(19)20(26)25-16-10-12-17(13-11-16)27-21(22)23/h2-13,21,24H,1H3,(H,25,26). The molecule has 1 amide bonds. The molecule has 0 fully saturated rings. The van der Waals surface area contributed by atoms with Crippen LogP contribution in [0.5, 0.6) is 0 Å². The van der Waals surface area contributed by atoms with Gasteiger partial charge >= 0.3 is 0 Å². The third-order valence-electron chi connectivity index (χ3n) is 3.84. The van der Waals surface area contributed by atoms with Crippen LogP contribution in [0.4, 0.5) is 25.8 Å². The van der Waals surface area contributed by atoms with E-state index < -0.39 is 5.76 Å². The van der Waals surface area contributed by atoms with Crippen molar-refractivity contribution in [2.75, 3.05) is 10.6 Å². The van der Waals surface area contributed by atoms with Crippen molar-refractivity contribution in [2.45, 2.75) is 17.6 Å². The van der Waals surface area contributed by atoms with Crippen molar-refractivity contribution in [3.8, 4) is 0 Å². The van der Waals surface area contributed by atoms with Gasteiger partial charge in [-0.1, -0.05) is 41.6 Å². The van der Waals surface area contributed by atoms with E-state index in [0.29, 0.717) is 33.6 Å². The summed E-state index contributed by atoms with van der Waals surface area (Å²) < 4.78 is 24.8. The highest BCUT2D eigenvalue weighted by Crippen LogP contribution is 2.27. The molecule has 3 aromatic carbocycles. The first kappa shape index (κ1) is 18.9. The molecule has 0 unspecified atom stereocenters. The normalized spacial score (nSPS) is 10.7. The Bertz CT molecular complexity index is 912. The third kappa shape index (κ3) is 5.31. The van der Waals surface area contributed by atoms with Crippen LogP contribution in [0.1, 0.15) is 15.9 Å². The quantitative estimate of drug-likeness (QED) is 0.490. The molecule has 27 heavy (non-hydrogen) atoms. The van der Waals surface area contributed by atoms with Crippen LogP contribution in [0.2, 0.25) is 0 Å². The van der Waals surface area contributed by atoms with Crippen molar-refractivity contribution in [1.82, 2.24) is 0 Å². The molecule has 6 heteroatoms. The Balaban J connectivity index is 1.74. The van der Waals surface area contributed by atoms with Crippen molar-refractivity contribution in [2.24, 2.45) is 0 Å². The SMILES string of the molecule is Cc1ccc(Nc2ccccc2C(=O)Nc2ccc(SC(F)F)cc2)cc1. The van der Waals surface area contributed by atoms with Crippen LogP contribution in [-0.2, 0) is 0 Å². The number of alkyl halides is 2. The minimum atomic E-state index is -2.47. The zero-order valence-electron chi connectivity index (χ0n) is 14.6. The fraction of sp³-hybridized carbons (Fsp3) is 0.0952. The molecular formula is C21H18F2N2OS. The summed E-state index contributed by atoms with van der Waals surface area (Å²) in [6, 6.07) is 21.4. The minimum absolute atomic E-state index is 0.278. The Hall–Kier alpha value is -2.86. The van der Waals surface area contributed by atoms with Crippen molar-refractivity contribution in [3.05, 3.63) is 83.9 Å². The molecule has 0 aliphatic rings. The van der Waals surface area contributed by atoms with Crippen molar-refractivity contribution < 1.29 is 13.6 Å². The van der Waals surface area contributed by atoms with Gasteiger partial charge < -0.3 is 10.6 Å². The van der Waals surface area contributed by atoms with Gasteiger partial charge in [0.25, 0.3) is 11.7 Å². The zero-order valence-corrected chi connectivity index (χ0v) is 15.4. The summed E-state index contributed by atoms with van der Waals surface area (Å²) in [6.45, 7) is 2.01. The Kier molecular flexibility index (Phi) is 6.08. The van der Waals surface area contributed by atoms with E-state index in [9.17, 15) is 13.6 Å². The fourth-order valence-electron chi connectivity index (χ4n) is 2.50. The molecule has 3 nitrogen and oxygen atoms in total. The van der Waals surface area contributed by atoms with E-state index in [1.54, 1.807) is 36.4 Å². The summed E-state index contributed by atoms with van der Waals surface area (Å²) in [7, 11) is 0. The number of carbonyl (C=O) groups is 1. The summed E-state index contributed by atoms with van der Waals surface area (Å²) in [5.74, 6) is -2.75. The van der Waals surface area contributed by atoms with Crippen molar-refractivity contribution in [1.29, 1.82) is 0 Å². The van der Waals surface area contributed by atoms with Crippen molar-refractivity contribution in [3.63, 3.8) is 0 Å². The summed E-state index contributed by atoms with van der Waals surface area (Å²) in [5, 5.41) is 6.05. The van der Waals surface area contributed by atoms with Gasteiger partial charge in [-0.25, -0.2) is 0 Å². The smallest absolute Gasteiger partial charge is 0.288 e. The molecule has 0 aliphatic carbocycles. The predicted molar refractivity (Wildman–Crippen MR) is 107 cm³/mol. The Morgan fingerprint density at radius 3 is 2.19 bits per heavy atom. The maximum Gasteiger partial charge on any atom is 0.288 e. The third-order valence-corrected chi connectivity index (χ3v) is 4.56. The second kappa shape index (κ2) is 8.68. The highest BCUT2D eigenvalue weighted by Gasteiger charge is 2.12. The lowest BCUT2D eigenvalue weighted by atomic mass is 10.1. The van der Waals surface area contributed by atoms with Gasteiger partial charge in [-0.05, 0) is 55.5 Å². The summed E-state index contributed by atoms with van der Waals surface area (Å²) in [5.41, 5.74) is 3.76. The molecule has 138 valence electrons. The molecule has 0 aromatic heterocycles. The number of hydrogen-bond acceptors (Lipinski definition) is 3. The Labute approximate surface area is 160 Å². The number of carbonyl (C=O) groups excluding carboxylic acids is 1. The summed E-state index contributed by atoms with van der Waals surface area (Å²) in [6.07, 6.45) is 0. The average molecular weight is 384 g/mol. The monoisotopic (exact) mass is 384 g/mol. The van der Waals surface area contributed by atoms with E-state index in [-0.39, 0.29) is 5.91 Å². The molecule has 2 N–H and O–H groups in total. The van der Waals surface area contributed by atoms with Crippen LogP contribution >= 0.6 is 11.8 Å². The largest absolute Gasteiger partial charge is 0.355 e. The average Bonchev–Trinajstić information content (AvgIpc) is 2.65. The minimum Gasteiger partial charge on any atom is -0.355 e. The molecule has 3 rings (SSSR count). The lowest BCUT2D eigenvalue weighted by Gasteiger charge is -2.13. The highest BCUT2D eigenvalue weighted by molar-refractivity contribution is 7.99. The van der Waals surface area contributed by atoms with Gasteiger partial charge in [-0.2, -0.15) is 8.78 Å². The first-order chi connectivity index (χ1) is 13.0. The number of rotatable bonds is 6. The Morgan fingerprint density at radius 2 is 1.52 bits per heavy atom. The van der Waals surface area contributed by atoms with Crippen LogP contribution in [0.25, 0.3) is 0 Å². The molecule has 3 aromatic rings. The number of amides is 1. The van der Waals surface area contributed by atoms with Gasteiger partial charge in [0.1, 0.15) is 0 Å². The second-order valence-electron chi connectivity index (χ2n) is 5.89. The van der Waals surface area contributed by atoms with Crippen LogP contribution in [0.15, 0.2) is 77.7 Å². The first-order valence-corrected chi connectivity index (χ1v) is 9.18. The van der Waals surface area contributed by atoms with Gasteiger partial charge in [0.05, 0.1) is 11.3 Å². The number of aryl methyl sites for hydroxylation is 1. The van der Waals surface area contributed by atoms with E-state index >= 15 is 0 Å². The van der Waals surface area contributed by atoms with E-state index in [1.165, 1.54) is 0 Å². The van der Waals surface area contributed by atoms with Crippen LogP contribution in [0.3, 0.4) is 0 Å². The van der Waals surface area contributed by atoms with Crippen LogP contribution in [-0.4, -0.2) is 11.7 Å². The molecular weight excluding hydrogens is 366 g/mol. The number of halogens is 2. The van der Waals surface area contributed by atoms with Crippen LogP contribution in [0, 0.1) is 6.92 Å². The lowest BCUT2D eigenvalue weighted by Crippen LogP contribution is -2.13. The first-order valence-electron chi connectivity index (χ1n) is 8.30. The number of anilines is 3. The summed E-state index contributed by atoms with van der Waals surface area (Å²) in [4.78, 5) is 13.1. The number of nitrogens with one attached hydrogen (secondary N) is 2. The van der Waals surface area contributed by atoms with E-state index in [4.69, 9.17) is 0 Å². The summed E-state index contributed by atoms with van der Waals surface area (Å²) >= 11 is 0.471. The molecule has 0 saturated carbocycles. The molecule has 0 heterocycles. The molecule has 0 spiro atoms. The second-order valence-corrected chi connectivity index (χ2v) is 6.96. The van der Waals surface area contributed by atoms with Gasteiger partial charge in [-0.3, -0.25) is 4.79 Å².